The summed E-state index contributed by atoms with van der Waals surface area (Å²) in [6, 6.07) is 12.5. The molecule has 1 aliphatic rings. The summed E-state index contributed by atoms with van der Waals surface area (Å²) < 4.78 is 14.6. The molecule has 1 saturated carbocycles. The summed E-state index contributed by atoms with van der Waals surface area (Å²) in [7, 11) is 0. The predicted octanol–water partition coefficient (Wildman–Crippen LogP) is 5.43. The van der Waals surface area contributed by atoms with Crippen LogP contribution in [0.15, 0.2) is 42.7 Å². The molecule has 4 rings (SSSR count). The largest absolute Gasteiger partial charge is 0.345 e. The molecule has 4 heteroatoms. The van der Waals surface area contributed by atoms with Crippen molar-refractivity contribution in [3.8, 4) is 11.1 Å². The maximum absolute atomic E-state index is 14.6. The first-order chi connectivity index (χ1) is 12.5. The molecule has 3 aromatic rings. The zero-order chi connectivity index (χ0) is 18.1. The van der Waals surface area contributed by atoms with Gasteiger partial charge >= 0.3 is 0 Å². The number of imidazole rings is 1. The van der Waals surface area contributed by atoms with Crippen LogP contribution in [0.3, 0.4) is 0 Å². The number of hydrogen-bond donors (Lipinski definition) is 2. The number of hydrogen-bond acceptors (Lipinski definition) is 2. The summed E-state index contributed by atoms with van der Waals surface area (Å²) in [5, 5.41) is 3.68. The Labute approximate surface area is 154 Å². The second-order valence-corrected chi connectivity index (χ2v) is 8.24. The van der Waals surface area contributed by atoms with Gasteiger partial charge in [0.25, 0.3) is 0 Å². The second-order valence-electron chi connectivity index (χ2n) is 8.24. The SMILES string of the molecule is CC1(C)CCC(NCc2ccc(-c3ccc4[nH]cnc4c3F)cc2)CC1. The Morgan fingerprint density at radius 3 is 2.58 bits per heavy atom. The summed E-state index contributed by atoms with van der Waals surface area (Å²) >= 11 is 0. The molecule has 0 radical (unpaired) electrons. The first kappa shape index (κ1) is 17.2. The van der Waals surface area contributed by atoms with Crippen LogP contribution in [0.2, 0.25) is 0 Å². The Morgan fingerprint density at radius 2 is 1.85 bits per heavy atom. The fourth-order valence-corrected chi connectivity index (χ4v) is 3.86. The van der Waals surface area contributed by atoms with Crippen molar-refractivity contribution < 1.29 is 4.39 Å². The molecule has 1 aliphatic carbocycles. The Kier molecular flexibility index (Phi) is 4.53. The molecule has 0 saturated heterocycles. The fraction of sp³-hybridized carbons (Fsp3) is 0.409. The van der Waals surface area contributed by atoms with E-state index in [1.54, 1.807) is 0 Å². The maximum Gasteiger partial charge on any atom is 0.158 e. The Morgan fingerprint density at radius 1 is 1.12 bits per heavy atom. The van der Waals surface area contributed by atoms with Crippen molar-refractivity contribution in [2.24, 2.45) is 5.41 Å². The topological polar surface area (TPSA) is 40.7 Å². The fourth-order valence-electron chi connectivity index (χ4n) is 3.86. The van der Waals surface area contributed by atoms with E-state index >= 15 is 0 Å². The van der Waals surface area contributed by atoms with Crippen LogP contribution < -0.4 is 5.32 Å². The number of nitrogens with zero attached hydrogens (tertiary/aromatic N) is 1. The van der Waals surface area contributed by atoms with Crippen LogP contribution in [0.25, 0.3) is 22.2 Å². The number of aromatic amines is 1. The van der Waals surface area contributed by atoms with Gasteiger partial charge < -0.3 is 10.3 Å². The lowest BCUT2D eigenvalue weighted by atomic mass is 9.75. The van der Waals surface area contributed by atoms with Crippen molar-refractivity contribution in [3.63, 3.8) is 0 Å². The summed E-state index contributed by atoms with van der Waals surface area (Å²) in [6.45, 7) is 5.59. The Hall–Kier alpha value is -2.20. The zero-order valence-electron chi connectivity index (χ0n) is 15.5. The van der Waals surface area contributed by atoms with E-state index in [0.717, 1.165) is 17.6 Å². The predicted molar refractivity (Wildman–Crippen MR) is 104 cm³/mol. The summed E-state index contributed by atoms with van der Waals surface area (Å²) in [5.41, 5.74) is 4.34. The summed E-state index contributed by atoms with van der Waals surface area (Å²) in [6.07, 6.45) is 6.61. The van der Waals surface area contributed by atoms with Gasteiger partial charge in [0.15, 0.2) is 5.82 Å². The van der Waals surface area contributed by atoms with Crippen molar-refractivity contribution in [2.45, 2.75) is 52.1 Å². The van der Waals surface area contributed by atoms with Crippen molar-refractivity contribution in [3.05, 3.63) is 54.1 Å². The molecule has 0 bridgehead atoms. The molecule has 0 atom stereocenters. The molecule has 26 heavy (non-hydrogen) atoms. The third-order valence-electron chi connectivity index (χ3n) is 5.73. The van der Waals surface area contributed by atoms with Gasteiger partial charge in [0.05, 0.1) is 11.8 Å². The highest BCUT2D eigenvalue weighted by Crippen LogP contribution is 2.35. The minimum absolute atomic E-state index is 0.264. The highest BCUT2D eigenvalue weighted by Gasteiger charge is 2.26. The van der Waals surface area contributed by atoms with Gasteiger partial charge in [-0.2, -0.15) is 0 Å². The molecule has 0 aliphatic heterocycles. The third-order valence-corrected chi connectivity index (χ3v) is 5.73. The number of fused-ring (bicyclic) bond motifs is 1. The van der Waals surface area contributed by atoms with E-state index in [1.165, 1.54) is 37.6 Å². The summed E-state index contributed by atoms with van der Waals surface area (Å²) in [4.78, 5) is 7.01. The summed E-state index contributed by atoms with van der Waals surface area (Å²) in [5.74, 6) is -0.264. The molecule has 2 aromatic carbocycles. The molecule has 1 aromatic heterocycles. The average Bonchev–Trinajstić information content (AvgIpc) is 3.12. The monoisotopic (exact) mass is 351 g/mol. The quantitative estimate of drug-likeness (QED) is 0.658. The number of aromatic nitrogens is 2. The van der Waals surface area contributed by atoms with E-state index in [1.807, 2.05) is 24.3 Å². The van der Waals surface area contributed by atoms with Gasteiger partial charge in [-0.25, -0.2) is 9.37 Å². The Balaban J connectivity index is 1.42. The molecule has 2 N–H and O–H groups in total. The van der Waals surface area contributed by atoms with Crippen molar-refractivity contribution in [1.82, 2.24) is 15.3 Å². The highest BCUT2D eigenvalue weighted by molar-refractivity contribution is 5.82. The standard InChI is InChI=1S/C22H26FN3/c1-22(2)11-9-17(10-12-22)24-13-15-3-5-16(6-4-15)18-7-8-19-21(20(18)23)26-14-25-19/h3-8,14,17,24H,9-13H2,1-2H3,(H,25,26). The van der Waals surface area contributed by atoms with Crippen LogP contribution in [0.5, 0.6) is 0 Å². The van der Waals surface area contributed by atoms with E-state index in [4.69, 9.17) is 0 Å². The van der Waals surface area contributed by atoms with Gasteiger partial charge in [0.2, 0.25) is 0 Å². The van der Waals surface area contributed by atoms with E-state index in [-0.39, 0.29) is 5.82 Å². The number of H-pyrrole nitrogens is 1. The van der Waals surface area contributed by atoms with Gasteiger partial charge in [-0.15, -0.1) is 0 Å². The lowest BCUT2D eigenvalue weighted by Gasteiger charge is -2.34. The van der Waals surface area contributed by atoms with Gasteiger partial charge in [-0.1, -0.05) is 38.1 Å². The van der Waals surface area contributed by atoms with Crippen LogP contribution in [0.4, 0.5) is 4.39 Å². The molecule has 1 heterocycles. The molecule has 1 fully saturated rings. The van der Waals surface area contributed by atoms with E-state index in [0.29, 0.717) is 22.5 Å². The maximum atomic E-state index is 14.6. The van der Waals surface area contributed by atoms with Crippen LogP contribution in [0, 0.1) is 11.2 Å². The van der Waals surface area contributed by atoms with Gasteiger partial charge in [0, 0.05) is 18.2 Å². The van der Waals surface area contributed by atoms with Crippen molar-refractivity contribution in [2.75, 3.05) is 0 Å². The van der Waals surface area contributed by atoms with E-state index < -0.39 is 0 Å². The van der Waals surface area contributed by atoms with E-state index in [9.17, 15) is 4.39 Å². The Bertz CT molecular complexity index is 885. The normalized spacial score (nSPS) is 17.7. The molecule has 0 amide bonds. The van der Waals surface area contributed by atoms with Crippen LogP contribution >= 0.6 is 0 Å². The molecule has 136 valence electrons. The molecule has 0 unspecified atom stereocenters. The first-order valence-corrected chi connectivity index (χ1v) is 9.46. The molecular weight excluding hydrogens is 325 g/mol. The third kappa shape index (κ3) is 3.51. The highest BCUT2D eigenvalue weighted by atomic mass is 19.1. The smallest absolute Gasteiger partial charge is 0.158 e. The minimum atomic E-state index is -0.264. The van der Waals surface area contributed by atoms with Gasteiger partial charge in [0.1, 0.15) is 5.52 Å². The zero-order valence-corrected chi connectivity index (χ0v) is 15.5. The number of benzene rings is 2. The van der Waals surface area contributed by atoms with Crippen molar-refractivity contribution >= 4 is 11.0 Å². The molecular formula is C22H26FN3. The minimum Gasteiger partial charge on any atom is -0.345 e. The lowest BCUT2D eigenvalue weighted by molar-refractivity contribution is 0.206. The molecule has 3 nitrogen and oxygen atoms in total. The van der Waals surface area contributed by atoms with Crippen LogP contribution in [-0.4, -0.2) is 16.0 Å². The van der Waals surface area contributed by atoms with Crippen LogP contribution in [0.1, 0.15) is 45.1 Å². The first-order valence-electron chi connectivity index (χ1n) is 9.46. The number of nitrogens with one attached hydrogen (secondary N) is 2. The lowest BCUT2D eigenvalue weighted by Crippen LogP contribution is -2.35. The number of halogens is 1. The average molecular weight is 351 g/mol. The van der Waals surface area contributed by atoms with E-state index in [2.05, 4.69) is 41.3 Å². The molecule has 0 spiro atoms. The van der Waals surface area contributed by atoms with Gasteiger partial charge in [-0.05, 0) is 54.4 Å². The number of rotatable bonds is 4. The second kappa shape index (κ2) is 6.84. The van der Waals surface area contributed by atoms with Crippen molar-refractivity contribution in [1.29, 1.82) is 0 Å². The van der Waals surface area contributed by atoms with Crippen LogP contribution in [-0.2, 0) is 6.54 Å². The van der Waals surface area contributed by atoms with Gasteiger partial charge in [-0.3, -0.25) is 0 Å².